The zero-order valence-corrected chi connectivity index (χ0v) is 13.5. The maximum absolute atomic E-state index is 12.3. The molecule has 8 heteroatoms. The number of sulfonamides is 1. The molecule has 1 rings (SSSR count). The molecule has 21 heavy (non-hydrogen) atoms. The van der Waals surface area contributed by atoms with Crippen molar-refractivity contribution in [2.75, 3.05) is 12.8 Å². The second-order valence-electron chi connectivity index (χ2n) is 5.91. The Kier molecular flexibility index (Phi) is 6.15. The molecule has 2 atom stereocenters. The molecule has 2 unspecified atom stereocenters. The predicted octanol–water partition coefficient (Wildman–Crippen LogP) is 0.416. The van der Waals surface area contributed by atoms with E-state index in [0.29, 0.717) is 25.8 Å². The Hall–Kier alpha value is -1.15. The zero-order chi connectivity index (χ0) is 16.2. The van der Waals surface area contributed by atoms with Crippen LogP contribution in [0, 0.1) is 5.92 Å². The lowest BCUT2D eigenvalue weighted by Gasteiger charge is -2.33. The number of hydrogen-bond acceptors (Lipinski definition) is 4. The van der Waals surface area contributed by atoms with Crippen LogP contribution in [0.5, 0.6) is 0 Å². The van der Waals surface area contributed by atoms with Crippen LogP contribution in [0.4, 0.5) is 0 Å². The molecule has 7 nitrogen and oxygen atoms in total. The molecule has 1 fully saturated rings. The number of hydrogen-bond donors (Lipinski definition) is 2. The van der Waals surface area contributed by atoms with Gasteiger partial charge < -0.3 is 10.4 Å². The Balaban J connectivity index is 2.82. The van der Waals surface area contributed by atoms with Crippen molar-refractivity contribution >= 4 is 21.9 Å². The fraction of sp³-hybridized carbons (Fsp3) is 0.846. The highest BCUT2D eigenvalue weighted by Crippen LogP contribution is 2.20. The molecule has 0 aliphatic carbocycles. The van der Waals surface area contributed by atoms with E-state index in [-0.39, 0.29) is 5.92 Å². The summed E-state index contributed by atoms with van der Waals surface area (Å²) in [6.45, 7) is 4.04. The number of nitrogens with zero attached hydrogens (tertiary/aromatic N) is 1. The van der Waals surface area contributed by atoms with Gasteiger partial charge in [0.2, 0.25) is 15.9 Å². The van der Waals surface area contributed by atoms with Gasteiger partial charge in [0.25, 0.3) is 0 Å². The molecule has 2 N–H and O–H groups in total. The smallest absolute Gasteiger partial charge is 0.326 e. The van der Waals surface area contributed by atoms with Gasteiger partial charge in [-0.3, -0.25) is 4.79 Å². The van der Waals surface area contributed by atoms with Crippen LogP contribution in [-0.4, -0.2) is 54.6 Å². The molecule has 0 aromatic heterocycles. The number of nitrogens with one attached hydrogen (secondary N) is 1. The molecule has 0 radical (unpaired) electrons. The molecular formula is C13H24N2O5S. The molecule has 1 amide bonds. The molecule has 1 aliphatic rings. The van der Waals surface area contributed by atoms with Crippen LogP contribution in [-0.2, 0) is 19.6 Å². The van der Waals surface area contributed by atoms with Crippen molar-refractivity contribution in [2.45, 2.75) is 51.6 Å². The van der Waals surface area contributed by atoms with Crippen molar-refractivity contribution in [1.29, 1.82) is 0 Å². The Morgan fingerprint density at radius 3 is 2.43 bits per heavy atom. The van der Waals surface area contributed by atoms with E-state index in [2.05, 4.69) is 5.32 Å². The number of piperidine rings is 1. The summed E-state index contributed by atoms with van der Waals surface area (Å²) in [5.74, 6) is -1.50. The monoisotopic (exact) mass is 320 g/mol. The van der Waals surface area contributed by atoms with Crippen LogP contribution in [0.1, 0.15) is 39.5 Å². The summed E-state index contributed by atoms with van der Waals surface area (Å²) in [4.78, 5) is 23.5. The Bertz CT molecular complexity index is 489. The highest BCUT2D eigenvalue weighted by Gasteiger charge is 2.36. The lowest BCUT2D eigenvalue weighted by Crippen LogP contribution is -2.54. The fourth-order valence-corrected chi connectivity index (χ4v) is 3.65. The number of aliphatic carboxylic acids is 1. The number of carbonyl (C=O) groups is 2. The first kappa shape index (κ1) is 17.9. The van der Waals surface area contributed by atoms with Crippen LogP contribution in [0.3, 0.4) is 0 Å². The quantitative estimate of drug-likeness (QED) is 0.738. The van der Waals surface area contributed by atoms with Crippen molar-refractivity contribution < 1.29 is 23.1 Å². The first-order valence-corrected chi connectivity index (χ1v) is 8.97. The van der Waals surface area contributed by atoms with Gasteiger partial charge in [-0.05, 0) is 25.2 Å². The summed E-state index contributed by atoms with van der Waals surface area (Å²) in [7, 11) is -3.47. The third kappa shape index (κ3) is 5.28. The summed E-state index contributed by atoms with van der Waals surface area (Å²) in [6, 6.07) is -1.79. The molecule has 0 aromatic rings. The molecule has 1 heterocycles. The average Bonchev–Trinajstić information content (AvgIpc) is 2.36. The molecule has 0 saturated carbocycles. The number of rotatable bonds is 6. The number of carbonyl (C=O) groups excluding carboxylic acids is 1. The fourth-order valence-electron chi connectivity index (χ4n) is 2.52. The van der Waals surface area contributed by atoms with E-state index in [1.54, 1.807) is 0 Å². The minimum atomic E-state index is -3.47. The second-order valence-corrected chi connectivity index (χ2v) is 7.85. The highest BCUT2D eigenvalue weighted by molar-refractivity contribution is 7.88. The van der Waals surface area contributed by atoms with E-state index in [0.717, 1.165) is 12.7 Å². The average molecular weight is 320 g/mol. The third-order valence-corrected chi connectivity index (χ3v) is 4.79. The maximum atomic E-state index is 12.3. The topological polar surface area (TPSA) is 104 Å². The van der Waals surface area contributed by atoms with Gasteiger partial charge in [0, 0.05) is 6.54 Å². The van der Waals surface area contributed by atoms with Crippen LogP contribution < -0.4 is 5.32 Å². The van der Waals surface area contributed by atoms with E-state index in [4.69, 9.17) is 5.11 Å². The molecular weight excluding hydrogens is 296 g/mol. The van der Waals surface area contributed by atoms with E-state index in [1.807, 2.05) is 13.8 Å². The van der Waals surface area contributed by atoms with E-state index >= 15 is 0 Å². The van der Waals surface area contributed by atoms with Gasteiger partial charge in [-0.15, -0.1) is 0 Å². The van der Waals surface area contributed by atoms with Gasteiger partial charge in [-0.1, -0.05) is 20.3 Å². The number of amides is 1. The molecule has 0 aromatic carbocycles. The van der Waals surface area contributed by atoms with E-state index in [1.165, 1.54) is 4.31 Å². The molecule has 1 aliphatic heterocycles. The van der Waals surface area contributed by atoms with Crippen LogP contribution in [0.25, 0.3) is 0 Å². The van der Waals surface area contributed by atoms with E-state index < -0.39 is 34.0 Å². The minimum absolute atomic E-state index is 0.115. The van der Waals surface area contributed by atoms with Crippen molar-refractivity contribution in [3.05, 3.63) is 0 Å². The van der Waals surface area contributed by atoms with Gasteiger partial charge in [0.15, 0.2) is 0 Å². The lowest BCUT2D eigenvalue weighted by atomic mass is 10.0. The summed E-state index contributed by atoms with van der Waals surface area (Å²) in [5.41, 5.74) is 0. The summed E-state index contributed by atoms with van der Waals surface area (Å²) in [5, 5.41) is 11.6. The van der Waals surface area contributed by atoms with Gasteiger partial charge >= 0.3 is 5.97 Å². The molecule has 122 valence electrons. The Morgan fingerprint density at radius 1 is 1.33 bits per heavy atom. The van der Waals surface area contributed by atoms with Crippen LogP contribution >= 0.6 is 0 Å². The number of carboxylic acids is 1. The first-order valence-electron chi connectivity index (χ1n) is 7.13. The van der Waals surface area contributed by atoms with Crippen molar-refractivity contribution in [3.63, 3.8) is 0 Å². The Morgan fingerprint density at radius 2 is 1.95 bits per heavy atom. The van der Waals surface area contributed by atoms with Gasteiger partial charge in [0.05, 0.1) is 6.26 Å². The molecule has 0 spiro atoms. The standard InChI is InChI=1S/C13H24N2O5S/c1-9(2)8-10(13(17)18)14-12(16)11-6-4-5-7-15(11)21(3,19)20/h9-11H,4-8H2,1-3H3,(H,14,16)(H,17,18). The largest absolute Gasteiger partial charge is 0.480 e. The maximum Gasteiger partial charge on any atom is 0.326 e. The van der Waals surface area contributed by atoms with Gasteiger partial charge in [0.1, 0.15) is 12.1 Å². The van der Waals surface area contributed by atoms with Crippen LogP contribution in [0.2, 0.25) is 0 Å². The van der Waals surface area contributed by atoms with Gasteiger partial charge in [-0.25, -0.2) is 13.2 Å². The summed E-state index contributed by atoms with van der Waals surface area (Å²) in [6.07, 6.45) is 3.28. The molecule has 0 bridgehead atoms. The van der Waals surface area contributed by atoms with E-state index in [9.17, 15) is 18.0 Å². The zero-order valence-electron chi connectivity index (χ0n) is 12.7. The highest BCUT2D eigenvalue weighted by atomic mass is 32.2. The summed E-state index contributed by atoms with van der Waals surface area (Å²) < 4.78 is 24.6. The van der Waals surface area contributed by atoms with Crippen molar-refractivity contribution in [3.8, 4) is 0 Å². The molecule has 1 saturated heterocycles. The SMILES string of the molecule is CC(C)CC(NC(=O)C1CCCCN1S(C)(=O)=O)C(=O)O. The van der Waals surface area contributed by atoms with Gasteiger partial charge in [-0.2, -0.15) is 4.31 Å². The van der Waals surface area contributed by atoms with Crippen molar-refractivity contribution in [2.24, 2.45) is 5.92 Å². The first-order chi connectivity index (χ1) is 9.62. The predicted molar refractivity (Wildman–Crippen MR) is 78.2 cm³/mol. The lowest BCUT2D eigenvalue weighted by molar-refractivity contribution is -0.143. The number of carboxylic acid groups (broad SMARTS) is 1. The van der Waals surface area contributed by atoms with Crippen LogP contribution in [0.15, 0.2) is 0 Å². The second kappa shape index (κ2) is 7.22. The normalized spacial score (nSPS) is 22.0. The Labute approximate surface area is 125 Å². The van der Waals surface area contributed by atoms with Crippen molar-refractivity contribution in [1.82, 2.24) is 9.62 Å². The summed E-state index contributed by atoms with van der Waals surface area (Å²) >= 11 is 0. The minimum Gasteiger partial charge on any atom is -0.480 e. The third-order valence-electron chi connectivity index (χ3n) is 3.50.